The second-order valence-electron chi connectivity index (χ2n) is 4.60. The van der Waals surface area contributed by atoms with Crippen LogP contribution in [0.1, 0.15) is 23.7 Å². The van der Waals surface area contributed by atoms with Gasteiger partial charge >= 0.3 is 0 Å². The van der Waals surface area contributed by atoms with Crippen LogP contribution in [0.15, 0.2) is 24.3 Å². The number of hydrogen-bond acceptors (Lipinski definition) is 2. The highest BCUT2D eigenvalue weighted by molar-refractivity contribution is 7.16. The minimum Gasteiger partial charge on any atom is -0.319 e. The van der Waals surface area contributed by atoms with E-state index < -0.39 is 0 Å². The Labute approximate surface area is 146 Å². The molecule has 7 heteroatoms. The van der Waals surface area contributed by atoms with E-state index in [0.717, 1.165) is 26.1 Å². The lowest BCUT2D eigenvalue weighted by Gasteiger charge is -2.15. The van der Waals surface area contributed by atoms with Gasteiger partial charge < -0.3 is 4.57 Å². The third-order valence-corrected chi connectivity index (χ3v) is 5.68. The van der Waals surface area contributed by atoms with Gasteiger partial charge in [-0.15, -0.1) is 22.9 Å². The predicted octanol–water partition coefficient (Wildman–Crippen LogP) is 6.41. The fourth-order valence-electron chi connectivity index (χ4n) is 2.35. The lowest BCUT2D eigenvalue weighted by molar-refractivity contribution is 0.644. The summed E-state index contributed by atoms with van der Waals surface area (Å²) in [6, 6.07) is 7.56. The molecule has 0 radical (unpaired) electrons. The highest BCUT2D eigenvalue weighted by Crippen LogP contribution is 2.35. The number of thiophene rings is 1. The fraction of sp³-hybridized carbons (Fsp3) is 0.214. The molecule has 0 aliphatic heterocycles. The molecule has 0 fully saturated rings. The van der Waals surface area contributed by atoms with Crippen molar-refractivity contribution in [2.75, 3.05) is 0 Å². The van der Waals surface area contributed by atoms with Crippen molar-refractivity contribution in [2.45, 2.75) is 18.8 Å². The third kappa shape index (κ3) is 2.78. The molecule has 110 valence electrons. The van der Waals surface area contributed by atoms with E-state index in [1.807, 2.05) is 18.2 Å². The summed E-state index contributed by atoms with van der Waals surface area (Å²) in [5.41, 5.74) is 1.70. The molecule has 3 rings (SSSR count). The van der Waals surface area contributed by atoms with E-state index in [-0.39, 0.29) is 6.04 Å². The van der Waals surface area contributed by atoms with Crippen LogP contribution in [0.3, 0.4) is 0 Å². The Morgan fingerprint density at radius 3 is 2.52 bits per heavy atom. The van der Waals surface area contributed by atoms with Gasteiger partial charge in [-0.05, 0) is 31.2 Å². The SMILES string of the molecule is CC(c1ccc(Cl)s1)n1c(CCl)nc2cc(Cl)c(Cl)cc21. The van der Waals surface area contributed by atoms with Crippen LogP contribution >= 0.6 is 57.7 Å². The van der Waals surface area contributed by atoms with Gasteiger partial charge in [0, 0.05) is 4.88 Å². The van der Waals surface area contributed by atoms with E-state index in [0.29, 0.717) is 15.9 Å². The van der Waals surface area contributed by atoms with Gasteiger partial charge in [-0.25, -0.2) is 4.98 Å². The molecule has 2 nitrogen and oxygen atoms in total. The van der Waals surface area contributed by atoms with Gasteiger partial charge in [-0.2, -0.15) is 0 Å². The van der Waals surface area contributed by atoms with Crippen molar-refractivity contribution in [3.63, 3.8) is 0 Å². The van der Waals surface area contributed by atoms with E-state index in [1.54, 1.807) is 17.4 Å². The number of hydrogen-bond donors (Lipinski definition) is 0. The molecule has 0 saturated carbocycles. The summed E-state index contributed by atoms with van der Waals surface area (Å²) in [7, 11) is 0. The summed E-state index contributed by atoms with van der Waals surface area (Å²) in [6.07, 6.45) is 0. The van der Waals surface area contributed by atoms with Crippen molar-refractivity contribution < 1.29 is 0 Å². The van der Waals surface area contributed by atoms with E-state index >= 15 is 0 Å². The first-order chi connectivity index (χ1) is 10.0. The smallest absolute Gasteiger partial charge is 0.125 e. The molecule has 0 spiro atoms. The fourth-order valence-corrected chi connectivity index (χ4v) is 3.95. The van der Waals surface area contributed by atoms with Gasteiger partial charge in [0.05, 0.1) is 37.3 Å². The molecule has 0 N–H and O–H groups in total. The summed E-state index contributed by atoms with van der Waals surface area (Å²) >= 11 is 25.8. The zero-order chi connectivity index (χ0) is 15.1. The maximum Gasteiger partial charge on any atom is 0.125 e. The van der Waals surface area contributed by atoms with Crippen molar-refractivity contribution in [2.24, 2.45) is 0 Å². The Kier molecular flexibility index (Phi) is 4.40. The van der Waals surface area contributed by atoms with Gasteiger partial charge in [-0.1, -0.05) is 34.8 Å². The number of nitrogens with zero attached hydrogens (tertiary/aromatic N) is 2. The molecule has 1 unspecified atom stereocenters. The van der Waals surface area contributed by atoms with Crippen LogP contribution in [-0.4, -0.2) is 9.55 Å². The molecule has 0 saturated heterocycles. The molecule has 1 atom stereocenters. The van der Waals surface area contributed by atoms with Crippen LogP contribution < -0.4 is 0 Å². The molecule has 0 aliphatic carbocycles. The van der Waals surface area contributed by atoms with Crippen LogP contribution in [-0.2, 0) is 5.88 Å². The van der Waals surface area contributed by atoms with E-state index in [2.05, 4.69) is 16.5 Å². The van der Waals surface area contributed by atoms with Gasteiger partial charge in [0.25, 0.3) is 0 Å². The van der Waals surface area contributed by atoms with E-state index in [9.17, 15) is 0 Å². The zero-order valence-electron chi connectivity index (χ0n) is 10.9. The molecule has 0 bridgehead atoms. The number of alkyl halides is 1. The molecular weight excluding hydrogens is 370 g/mol. The summed E-state index contributed by atoms with van der Waals surface area (Å²) in [5.74, 6) is 1.09. The van der Waals surface area contributed by atoms with Crippen molar-refractivity contribution in [3.05, 3.63) is 49.3 Å². The minimum atomic E-state index is 0.0680. The third-order valence-electron chi connectivity index (χ3n) is 3.32. The highest BCUT2D eigenvalue weighted by atomic mass is 35.5. The normalized spacial score (nSPS) is 13.0. The van der Waals surface area contributed by atoms with Gasteiger partial charge in [-0.3, -0.25) is 0 Å². The van der Waals surface area contributed by atoms with Crippen molar-refractivity contribution in [1.29, 1.82) is 0 Å². The largest absolute Gasteiger partial charge is 0.319 e. The van der Waals surface area contributed by atoms with Crippen molar-refractivity contribution in [3.8, 4) is 0 Å². The molecule has 1 aromatic carbocycles. The maximum atomic E-state index is 6.14. The van der Waals surface area contributed by atoms with Crippen LogP contribution in [0.25, 0.3) is 11.0 Å². The molecule has 2 aromatic heterocycles. The summed E-state index contributed by atoms with van der Waals surface area (Å²) in [5, 5.41) is 0.990. The first-order valence-corrected chi connectivity index (χ1v) is 8.66. The number of halogens is 4. The van der Waals surface area contributed by atoms with Crippen LogP contribution in [0.2, 0.25) is 14.4 Å². The Morgan fingerprint density at radius 1 is 1.19 bits per heavy atom. The standard InChI is InChI=1S/C14H10Cl4N2S/c1-7(12-2-3-13(18)21-12)20-11-5-9(17)8(16)4-10(11)19-14(20)6-15/h2-5,7H,6H2,1H3. The van der Waals surface area contributed by atoms with Crippen LogP contribution in [0, 0.1) is 0 Å². The van der Waals surface area contributed by atoms with E-state index in [1.165, 1.54) is 0 Å². The monoisotopic (exact) mass is 378 g/mol. The maximum absolute atomic E-state index is 6.14. The first-order valence-electron chi connectivity index (χ1n) is 6.18. The molecule has 2 heterocycles. The lowest BCUT2D eigenvalue weighted by Crippen LogP contribution is -2.08. The molecule has 21 heavy (non-hydrogen) atoms. The first kappa shape index (κ1) is 15.4. The summed E-state index contributed by atoms with van der Waals surface area (Å²) in [6.45, 7) is 2.09. The quantitative estimate of drug-likeness (QED) is 0.481. The van der Waals surface area contributed by atoms with Gasteiger partial charge in [0.1, 0.15) is 5.82 Å². The molecule has 0 amide bonds. The number of fused-ring (bicyclic) bond motifs is 1. The lowest BCUT2D eigenvalue weighted by atomic mass is 10.2. The van der Waals surface area contributed by atoms with Gasteiger partial charge in [0.2, 0.25) is 0 Å². The number of rotatable bonds is 3. The summed E-state index contributed by atoms with van der Waals surface area (Å²) < 4.78 is 2.84. The van der Waals surface area contributed by atoms with Crippen molar-refractivity contribution >= 4 is 68.8 Å². The van der Waals surface area contributed by atoms with Crippen molar-refractivity contribution in [1.82, 2.24) is 9.55 Å². The Morgan fingerprint density at radius 2 is 1.90 bits per heavy atom. The minimum absolute atomic E-state index is 0.0680. The number of benzene rings is 1. The average Bonchev–Trinajstić information content (AvgIpc) is 3.02. The Balaban J connectivity index is 2.22. The number of imidazole rings is 1. The van der Waals surface area contributed by atoms with Crippen LogP contribution in [0.5, 0.6) is 0 Å². The summed E-state index contributed by atoms with van der Waals surface area (Å²) in [4.78, 5) is 5.68. The van der Waals surface area contributed by atoms with Gasteiger partial charge in [0.15, 0.2) is 0 Å². The second-order valence-corrected chi connectivity index (χ2v) is 7.43. The molecular formula is C14H10Cl4N2S. The highest BCUT2D eigenvalue weighted by Gasteiger charge is 2.19. The Hall–Kier alpha value is -0.450. The number of aromatic nitrogens is 2. The zero-order valence-corrected chi connectivity index (χ0v) is 14.7. The average molecular weight is 380 g/mol. The topological polar surface area (TPSA) is 17.8 Å². The molecule has 0 aliphatic rings. The van der Waals surface area contributed by atoms with E-state index in [4.69, 9.17) is 46.4 Å². The molecule has 3 aromatic rings. The Bertz CT molecular complexity index is 809. The second kappa shape index (κ2) is 5.98. The van der Waals surface area contributed by atoms with Crippen LogP contribution in [0.4, 0.5) is 0 Å². The predicted molar refractivity (Wildman–Crippen MR) is 92.5 cm³/mol.